The van der Waals surface area contributed by atoms with Gasteiger partial charge >= 0.3 is 5.97 Å². The highest BCUT2D eigenvalue weighted by atomic mass is 35.5. The summed E-state index contributed by atoms with van der Waals surface area (Å²) in [5.41, 5.74) is 3.63. The molecule has 4 aliphatic rings. The lowest BCUT2D eigenvalue weighted by atomic mass is 9.56. The van der Waals surface area contributed by atoms with Crippen molar-refractivity contribution in [3.63, 3.8) is 0 Å². The average molecular weight is 592 g/mol. The summed E-state index contributed by atoms with van der Waals surface area (Å²) in [7, 11) is 0. The molecular weight excluding hydrogens is 565 g/mol. The second-order valence-electron chi connectivity index (χ2n) is 11.4. The molecule has 10 heteroatoms. The summed E-state index contributed by atoms with van der Waals surface area (Å²) in [5, 5.41) is 18.4. The van der Waals surface area contributed by atoms with Crippen LogP contribution < -0.4 is 5.32 Å². The molecule has 4 fully saturated rings. The van der Waals surface area contributed by atoms with Gasteiger partial charge in [0.15, 0.2) is 0 Å². The van der Waals surface area contributed by atoms with E-state index in [0.717, 1.165) is 43.4 Å². The smallest absolute Gasteiger partial charge is 0.337 e. The summed E-state index contributed by atoms with van der Waals surface area (Å²) >= 11 is 13.0. The number of pyridine rings is 1. The first-order valence-corrected chi connectivity index (χ1v) is 14.6. The number of carboxylic acids is 1. The topological polar surface area (TPSA) is 115 Å². The minimum Gasteiger partial charge on any atom is -0.478 e. The minimum atomic E-state index is -1.04. The first-order chi connectivity index (χ1) is 19.9. The van der Waals surface area contributed by atoms with E-state index in [4.69, 9.17) is 32.5 Å². The Labute approximate surface area is 246 Å². The van der Waals surface area contributed by atoms with Gasteiger partial charge < -0.3 is 19.7 Å². The molecule has 2 heterocycles. The number of hydrogen-bond donors (Lipinski definition) is 2. The summed E-state index contributed by atoms with van der Waals surface area (Å²) in [5.74, 6) is 0.608. The van der Waals surface area contributed by atoms with E-state index in [1.807, 2.05) is 0 Å². The summed E-state index contributed by atoms with van der Waals surface area (Å²) < 4.78 is 12.2. The highest BCUT2D eigenvalue weighted by molar-refractivity contribution is 6.39. The first kappa shape index (κ1) is 26.4. The number of benzene rings is 2. The number of hydrogen-bond acceptors (Lipinski definition) is 6. The summed E-state index contributed by atoms with van der Waals surface area (Å²) in [6.07, 6.45) is 6.14. The molecule has 8 rings (SSSR count). The maximum Gasteiger partial charge on any atom is 0.337 e. The van der Waals surface area contributed by atoms with Crippen LogP contribution in [0.4, 0.5) is 5.69 Å². The molecule has 8 nitrogen and oxygen atoms in total. The number of nitrogens with zero attached hydrogens (tertiary/aromatic N) is 2. The van der Waals surface area contributed by atoms with Crippen molar-refractivity contribution < 1.29 is 24.0 Å². The number of rotatable bonds is 8. The fraction of sp³-hybridized carbons (Fsp3) is 0.355. The van der Waals surface area contributed by atoms with E-state index >= 15 is 0 Å². The molecule has 4 aromatic rings. The molecule has 0 radical (unpaired) electrons. The van der Waals surface area contributed by atoms with Crippen molar-refractivity contribution >= 4 is 51.7 Å². The second kappa shape index (κ2) is 10.4. The Kier molecular flexibility index (Phi) is 6.72. The van der Waals surface area contributed by atoms with Gasteiger partial charge in [0.05, 0.1) is 33.8 Å². The quantitative estimate of drug-likeness (QED) is 0.220. The van der Waals surface area contributed by atoms with Crippen LogP contribution in [0.25, 0.3) is 22.2 Å². The zero-order valence-corrected chi connectivity index (χ0v) is 23.5. The van der Waals surface area contributed by atoms with Crippen LogP contribution in [0.3, 0.4) is 0 Å². The monoisotopic (exact) mass is 591 g/mol. The maximum absolute atomic E-state index is 13.3. The van der Waals surface area contributed by atoms with Gasteiger partial charge in [0.1, 0.15) is 11.5 Å². The Morgan fingerprint density at radius 3 is 2.51 bits per heavy atom. The van der Waals surface area contributed by atoms with Crippen molar-refractivity contribution in [1.82, 2.24) is 10.1 Å². The van der Waals surface area contributed by atoms with Crippen LogP contribution in [-0.2, 0) is 16.1 Å². The van der Waals surface area contributed by atoms with Crippen LogP contribution in [0.2, 0.25) is 10.0 Å². The average Bonchev–Trinajstić information content (AvgIpc) is 3.71. The number of ether oxygens (including phenoxy) is 1. The normalized spacial score (nSPS) is 23.3. The van der Waals surface area contributed by atoms with E-state index < -0.39 is 5.97 Å². The molecule has 2 unspecified atom stereocenters. The number of aromatic nitrogens is 2. The molecule has 2 atom stereocenters. The molecule has 41 heavy (non-hydrogen) atoms. The highest BCUT2D eigenvalue weighted by Gasteiger charge is 2.51. The van der Waals surface area contributed by atoms with Crippen LogP contribution in [0.15, 0.2) is 53.2 Å². The number of amides is 1. The van der Waals surface area contributed by atoms with E-state index in [9.17, 15) is 14.7 Å². The van der Waals surface area contributed by atoms with Gasteiger partial charge in [0, 0.05) is 40.2 Å². The van der Waals surface area contributed by atoms with E-state index in [1.54, 1.807) is 42.5 Å². The summed E-state index contributed by atoms with van der Waals surface area (Å²) in [4.78, 5) is 28.8. The molecule has 2 aromatic carbocycles. The van der Waals surface area contributed by atoms with Crippen LogP contribution >= 0.6 is 23.2 Å². The summed E-state index contributed by atoms with van der Waals surface area (Å²) in [6.45, 7) is 0.358. The number of carboxylic acid groups (broad SMARTS) is 1. The lowest BCUT2D eigenvalue weighted by Crippen LogP contribution is -2.51. The fourth-order valence-corrected chi connectivity index (χ4v) is 7.07. The van der Waals surface area contributed by atoms with Crippen molar-refractivity contribution in [2.45, 2.75) is 50.7 Å². The standard InChI is InChI=1S/C31H27Cl2N3O5/c32-23-2-1-3-24(33)27(23)28-22(29(41-36-28)15-4-5-15)14-40-21-11-17-9-18(12-21)26(17)30(37)35-20-6-7-25-16(10-20)8-19(13-34-25)31(38)39/h1-3,6-8,10,13,15,17-18,21,26H,4-5,9,11-12,14H2,(H,35,37)(H,38,39). The fourth-order valence-electron chi connectivity index (χ4n) is 6.49. The lowest BCUT2D eigenvalue weighted by Gasteiger charge is -2.51. The van der Waals surface area contributed by atoms with Gasteiger partial charge in [0.25, 0.3) is 0 Å². The van der Waals surface area contributed by atoms with Gasteiger partial charge in [-0.3, -0.25) is 9.78 Å². The Hall–Kier alpha value is -3.46. The Morgan fingerprint density at radius 2 is 1.80 bits per heavy atom. The van der Waals surface area contributed by atoms with E-state index in [2.05, 4.69) is 15.5 Å². The van der Waals surface area contributed by atoms with Gasteiger partial charge in [-0.05, 0) is 80.3 Å². The SMILES string of the molecule is O=C(O)c1cnc2ccc(NC(=O)C3C4CC(OCc5c(-c6c(Cl)cccc6Cl)noc5C5CC5)CC3C4)cc2c1. The molecule has 4 aliphatic carbocycles. The maximum atomic E-state index is 13.3. The van der Waals surface area contributed by atoms with E-state index in [-0.39, 0.29) is 35.3 Å². The first-order valence-electron chi connectivity index (χ1n) is 13.8. The van der Waals surface area contributed by atoms with Gasteiger partial charge in [0.2, 0.25) is 5.91 Å². The largest absolute Gasteiger partial charge is 0.478 e. The van der Waals surface area contributed by atoms with E-state index in [1.165, 1.54) is 6.20 Å². The van der Waals surface area contributed by atoms with Crippen LogP contribution in [0.1, 0.15) is 59.7 Å². The Balaban J connectivity index is 1.02. The molecule has 2 N–H and O–H groups in total. The number of anilines is 1. The number of aromatic carboxylic acids is 1. The van der Waals surface area contributed by atoms with Gasteiger partial charge in [-0.15, -0.1) is 0 Å². The molecule has 0 aliphatic heterocycles. The van der Waals surface area contributed by atoms with Crippen LogP contribution in [-0.4, -0.2) is 33.2 Å². The third kappa shape index (κ3) is 4.98. The number of carbonyl (C=O) groups is 2. The van der Waals surface area contributed by atoms with Gasteiger partial charge in [-0.25, -0.2) is 4.79 Å². The molecule has 1 amide bonds. The molecule has 0 spiro atoms. The predicted octanol–water partition coefficient (Wildman–Crippen LogP) is 7.34. The second-order valence-corrected chi connectivity index (χ2v) is 12.2. The Morgan fingerprint density at radius 1 is 1.05 bits per heavy atom. The molecule has 2 aromatic heterocycles. The predicted molar refractivity (Wildman–Crippen MR) is 154 cm³/mol. The van der Waals surface area contributed by atoms with E-state index in [0.29, 0.717) is 50.4 Å². The van der Waals surface area contributed by atoms with Crippen LogP contribution in [0.5, 0.6) is 0 Å². The lowest BCUT2D eigenvalue weighted by molar-refractivity contribution is -0.142. The van der Waals surface area contributed by atoms with Crippen molar-refractivity contribution in [1.29, 1.82) is 0 Å². The van der Waals surface area contributed by atoms with Crippen molar-refractivity contribution in [2.24, 2.45) is 17.8 Å². The number of carbonyl (C=O) groups excluding carboxylic acids is 1. The molecular formula is C31H27Cl2N3O5. The third-order valence-corrected chi connectivity index (χ3v) is 9.31. The molecule has 0 saturated heterocycles. The molecule has 210 valence electrons. The molecule has 2 bridgehead atoms. The number of nitrogens with one attached hydrogen (secondary N) is 1. The number of fused-ring (bicyclic) bond motifs is 3. The molecule has 4 saturated carbocycles. The number of halogens is 2. The van der Waals surface area contributed by atoms with Crippen molar-refractivity contribution in [3.05, 3.63) is 75.6 Å². The van der Waals surface area contributed by atoms with Gasteiger partial charge in [-0.1, -0.05) is 34.4 Å². The Bertz CT molecular complexity index is 1650. The van der Waals surface area contributed by atoms with Crippen molar-refractivity contribution in [2.75, 3.05) is 5.32 Å². The minimum absolute atomic E-state index is 0.00269. The third-order valence-electron chi connectivity index (χ3n) is 8.68. The zero-order chi connectivity index (χ0) is 28.2. The zero-order valence-electron chi connectivity index (χ0n) is 22.0. The van der Waals surface area contributed by atoms with Gasteiger partial charge in [-0.2, -0.15) is 0 Å². The highest BCUT2D eigenvalue weighted by Crippen LogP contribution is 2.52. The summed E-state index contributed by atoms with van der Waals surface area (Å²) in [6, 6.07) is 12.3. The van der Waals surface area contributed by atoms with Crippen molar-refractivity contribution in [3.8, 4) is 11.3 Å². The van der Waals surface area contributed by atoms with Crippen LogP contribution in [0, 0.1) is 17.8 Å².